The van der Waals surface area contributed by atoms with E-state index in [1.807, 2.05) is 40.1 Å². The number of nitrogens with zero attached hydrogens (tertiary/aromatic N) is 3. The second-order valence-electron chi connectivity index (χ2n) is 12.3. The van der Waals surface area contributed by atoms with Gasteiger partial charge in [0.25, 0.3) is 0 Å². The van der Waals surface area contributed by atoms with Gasteiger partial charge < -0.3 is 19.8 Å². The van der Waals surface area contributed by atoms with Crippen molar-refractivity contribution in [2.75, 3.05) is 26.2 Å². The quantitative estimate of drug-likeness (QED) is 0.352. The molecule has 1 spiro atoms. The summed E-state index contributed by atoms with van der Waals surface area (Å²) in [6, 6.07) is 9.65. The van der Waals surface area contributed by atoms with Gasteiger partial charge in [-0.1, -0.05) is 86.7 Å². The molecule has 7 nitrogen and oxygen atoms in total. The molecule has 6 rings (SSSR count). The number of carbonyl (C=O) groups is 3. The fourth-order valence-electron chi connectivity index (χ4n) is 7.86. The molecule has 1 unspecified atom stereocenters. The number of likely N-dealkylation sites (tertiary alicyclic amines) is 1. The number of aliphatic hydroxyl groups excluding tert-OH is 1. The normalized spacial score (nSPS) is 31.7. The Kier molecular flexibility index (Phi) is 8.59. The van der Waals surface area contributed by atoms with E-state index < -0.39 is 22.6 Å². The molecular weight excluding hydrogens is 534 g/mol. The van der Waals surface area contributed by atoms with Crippen LogP contribution in [-0.2, 0) is 20.9 Å². The molecule has 1 aliphatic carbocycles. The molecule has 1 saturated carbocycles. The maximum Gasteiger partial charge on any atom is 0.247 e. The Morgan fingerprint density at radius 3 is 2.44 bits per heavy atom. The van der Waals surface area contributed by atoms with Crippen molar-refractivity contribution in [2.45, 2.75) is 86.4 Å². The predicted molar refractivity (Wildman–Crippen MR) is 161 cm³/mol. The van der Waals surface area contributed by atoms with Crippen LogP contribution in [0.25, 0.3) is 0 Å². The average Bonchev–Trinajstić information content (AvgIpc) is 3.30. The van der Waals surface area contributed by atoms with Crippen molar-refractivity contribution in [2.24, 2.45) is 11.8 Å². The zero-order chi connectivity index (χ0) is 28.4. The monoisotopic (exact) mass is 577 g/mol. The number of hydrogen-bond donors (Lipinski definition) is 1. The van der Waals surface area contributed by atoms with Gasteiger partial charge in [-0.3, -0.25) is 14.4 Å². The van der Waals surface area contributed by atoms with E-state index in [4.69, 9.17) is 0 Å². The van der Waals surface area contributed by atoms with Gasteiger partial charge in [-0.05, 0) is 31.2 Å². The first-order valence-corrected chi connectivity index (χ1v) is 16.5. The van der Waals surface area contributed by atoms with Crippen LogP contribution in [0.3, 0.4) is 0 Å². The van der Waals surface area contributed by atoms with Crippen LogP contribution in [0.2, 0.25) is 0 Å². The van der Waals surface area contributed by atoms with Gasteiger partial charge >= 0.3 is 0 Å². The SMILES string of the molecule is O=C1[C@@H]2[C@H](C=CCN1Cc1ccccc1)S[C@]13C=CCN(C4CCCCC4)C(=O)C1N(CCCCCCO)C(=O)[C@H]23. The van der Waals surface area contributed by atoms with Gasteiger partial charge in [-0.2, -0.15) is 0 Å². The summed E-state index contributed by atoms with van der Waals surface area (Å²) in [5, 5.41) is 9.07. The summed E-state index contributed by atoms with van der Waals surface area (Å²) < 4.78 is -0.742. The fraction of sp³-hybridized carbons (Fsp3) is 0.606. The molecule has 4 aliphatic heterocycles. The van der Waals surface area contributed by atoms with Crippen LogP contribution in [0.5, 0.6) is 0 Å². The minimum absolute atomic E-state index is 0.0179. The Labute approximate surface area is 248 Å². The van der Waals surface area contributed by atoms with E-state index in [0.29, 0.717) is 26.2 Å². The van der Waals surface area contributed by atoms with E-state index in [1.54, 1.807) is 11.8 Å². The zero-order valence-corrected chi connectivity index (χ0v) is 24.7. The van der Waals surface area contributed by atoms with Gasteiger partial charge in [0.2, 0.25) is 17.7 Å². The Balaban J connectivity index is 1.33. The van der Waals surface area contributed by atoms with Crippen LogP contribution < -0.4 is 0 Å². The maximum atomic E-state index is 14.5. The summed E-state index contributed by atoms with van der Waals surface area (Å²) in [4.78, 5) is 49.1. The molecule has 220 valence electrons. The molecule has 4 heterocycles. The zero-order valence-electron chi connectivity index (χ0n) is 23.9. The van der Waals surface area contributed by atoms with Crippen LogP contribution in [0.1, 0.15) is 63.4 Å². The van der Waals surface area contributed by atoms with Crippen LogP contribution in [-0.4, -0.2) is 85.8 Å². The molecule has 0 radical (unpaired) electrons. The number of benzene rings is 1. The van der Waals surface area contributed by atoms with E-state index in [1.165, 1.54) is 6.42 Å². The summed E-state index contributed by atoms with van der Waals surface area (Å²) in [6.45, 7) is 2.30. The van der Waals surface area contributed by atoms with Gasteiger partial charge in [0.05, 0.1) is 16.6 Å². The molecule has 5 atom stereocenters. The average molecular weight is 578 g/mol. The number of amides is 3. The summed E-state index contributed by atoms with van der Waals surface area (Å²) in [5.41, 5.74) is 1.07. The highest BCUT2D eigenvalue weighted by Crippen LogP contribution is 2.61. The molecule has 0 bridgehead atoms. The van der Waals surface area contributed by atoms with Crippen molar-refractivity contribution in [3.05, 3.63) is 60.2 Å². The first-order valence-electron chi connectivity index (χ1n) is 15.6. The second kappa shape index (κ2) is 12.3. The highest BCUT2D eigenvalue weighted by molar-refractivity contribution is 8.02. The number of rotatable bonds is 9. The first-order chi connectivity index (χ1) is 20.0. The van der Waals surface area contributed by atoms with Crippen molar-refractivity contribution >= 4 is 29.5 Å². The lowest BCUT2D eigenvalue weighted by Crippen LogP contribution is -2.55. The summed E-state index contributed by atoms with van der Waals surface area (Å²) in [5.74, 6) is -1.00. The lowest BCUT2D eigenvalue weighted by Gasteiger charge is -2.39. The lowest BCUT2D eigenvalue weighted by molar-refractivity contribution is -0.145. The Bertz CT molecular complexity index is 1180. The lowest BCUT2D eigenvalue weighted by atomic mass is 9.78. The molecule has 1 N–H and O–H groups in total. The molecular formula is C33H43N3O4S. The Morgan fingerprint density at radius 1 is 0.878 bits per heavy atom. The molecule has 2 saturated heterocycles. The third-order valence-corrected chi connectivity index (χ3v) is 11.6. The highest BCUT2D eigenvalue weighted by Gasteiger charge is 2.71. The number of fused-ring (bicyclic) bond motifs is 2. The van der Waals surface area contributed by atoms with E-state index in [0.717, 1.165) is 56.9 Å². The van der Waals surface area contributed by atoms with Crippen LogP contribution in [0, 0.1) is 11.8 Å². The van der Waals surface area contributed by atoms with Crippen molar-refractivity contribution in [1.82, 2.24) is 14.7 Å². The predicted octanol–water partition coefficient (Wildman–Crippen LogP) is 4.17. The van der Waals surface area contributed by atoms with Crippen LogP contribution >= 0.6 is 11.8 Å². The smallest absolute Gasteiger partial charge is 0.247 e. The molecule has 5 aliphatic rings. The van der Waals surface area contributed by atoms with E-state index >= 15 is 0 Å². The Morgan fingerprint density at radius 2 is 1.66 bits per heavy atom. The molecule has 1 aromatic rings. The second-order valence-corrected chi connectivity index (χ2v) is 13.8. The van der Waals surface area contributed by atoms with Crippen LogP contribution in [0.15, 0.2) is 54.6 Å². The number of hydrogen-bond acceptors (Lipinski definition) is 5. The van der Waals surface area contributed by atoms with Gasteiger partial charge in [0.15, 0.2) is 0 Å². The van der Waals surface area contributed by atoms with Gasteiger partial charge in [0.1, 0.15) is 6.04 Å². The van der Waals surface area contributed by atoms with Crippen molar-refractivity contribution in [3.8, 4) is 0 Å². The van der Waals surface area contributed by atoms with Crippen molar-refractivity contribution < 1.29 is 19.5 Å². The third-order valence-electron chi connectivity index (χ3n) is 9.81. The van der Waals surface area contributed by atoms with E-state index in [2.05, 4.69) is 29.2 Å². The molecule has 8 heteroatoms. The summed E-state index contributed by atoms with van der Waals surface area (Å²) >= 11 is 1.68. The molecule has 41 heavy (non-hydrogen) atoms. The minimum atomic E-state index is -0.742. The Hall–Kier alpha value is -2.58. The molecule has 0 aromatic heterocycles. The minimum Gasteiger partial charge on any atom is -0.396 e. The molecule has 3 fully saturated rings. The van der Waals surface area contributed by atoms with Crippen LogP contribution in [0.4, 0.5) is 0 Å². The topological polar surface area (TPSA) is 81.2 Å². The van der Waals surface area contributed by atoms with Crippen molar-refractivity contribution in [3.63, 3.8) is 0 Å². The molecule has 1 aromatic carbocycles. The number of aliphatic hydroxyl groups is 1. The third kappa shape index (κ3) is 5.27. The van der Waals surface area contributed by atoms with E-state index in [9.17, 15) is 19.5 Å². The number of unbranched alkanes of at least 4 members (excludes halogenated alkanes) is 3. The molecule has 3 amide bonds. The highest BCUT2D eigenvalue weighted by atomic mass is 32.2. The standard InChI is InChI=1S/C33H43N3O4S/c37-22-10-2-1-9-20-36-29-32(40)35(25-15-7-4-8-16-25)21-12-18-33(29)28(31(36)39)27-26(41-33)17-11-19-34(30(27)38)23-24-13-5-3-6-14-24/h3,5-6,11-14,17-18,25-29,37H,1-2,4,7-10,15-16,19-23H2/t26-,27+,28-,29?,33-/m0/s1. The van der Waals surface area contributed by atoms with Gasteiger partial charge in [-0.25, -0.2) is 0 Å². The maximum absolute atomic E-state index is 14.5. The van der Waals surface area contributed by atoms with Gasteiger partial charge in [-0.15, -0.1) is 11.8 Å². The van der Waals surface area contributed by atoms with Gasteiger partial charge in [0, 0.05) is 44.1 Å². The fourth-order valence-corrected chi connectivity index (χ4v) is 9.87. The number of thioether (sulfide) groups is 1. The first kappa shape index (κ1) is 28.5. The summed E-state index contributed by atoms with van der Waals surface area (Å²) in [7, 11) is 0. The summed E-state index contributed by atoms with van der Waals surface area (Å²) in [6.07, 6.45) is 17.3. The van der Waals surface area contributed by atoms with Crippen molar-refractivity contribution in [1.29, 1.82) is 0 Å². The van der Waals surface area contributed by atoms with E-state index in [-0.39, 0.29) is 35.6 Å². The largest absolute Gasteiger partial charge is 0.396 e. The number of carbonyl (C=O) groups excluding carboxylic acids is 3.